The van der Waals surface area contributed by atoms with Gasteiger partial charge in [-0.25, -0.2) is 4.39 Å². The Morgan fingerprint density at radius 3 is 2.00 bits per heavy atom. The molecule has 21 heavy (non-hydrogen) atoms. The summed E-state index contributed by atoms with van der Waals surface area (Å²) in [5.74, 6) is 1.25. The van der Waals surface area contributed by atoms with Crippen LogP contribution in [-0.2, 0) is 0 Å². The zero-order valence-corrected chi connectivity index (χ0v) is 12.2. The number of hydrogen-bond donors (Lipinski definition) is 1. The van der Waals surface area contributed by atoms with Crippen LogP contribution in [0.3, 0.4) is 0 Å². The zero-order valence-electron chi connectivity index (χ0n) is 12.2. The molecule has 4 nitrogen and oxygen atoms in total. The van der Waals surface area contributed by atoms with Gasteiger partial charge >= 0.3 is 0 Å². The van der Waals surface area contributed by atoms with E-state index in [0.29, 0.717) is 17.2 Å². The Hall–Kier alpha value is -2.27. The molecule has 0 saturated heterocycles. The summed E-state index contributed by atoms with van der Waals surface area (Å²) in [4.78, 5) is 0. The largest absolute Gasteiger partial charge is 0.493 e. The van der Waals surface area contributed by atoms with E-state index in [9.17, 15) is 4.39 Å². The molecule has 112 valence electrons. The maximum absolute atomic E-state index is 13.0. The fourth-order valence-corrected chi connectivity index (χ4v) is 2.22. The Labute approximate surface area is 123 Å². The lowest BCUT2D eigenvalue weighted by Gasteiger charge is -2.20. The molecule has 0 heterocycles. The summed E-state index contributed by atoms with van der Waals surface area (Å²) >= 11 is 0. The number of nitrogens with two attached hydrogens (primary N) is 1. The highest BCUT2D eigenvalue weighted by Crippen LogP contribution is 2.42. The van der Waals surface area contributed by atoms with Crippen LogP contribution in [0.4, 0.5) is 4.39 Å². The summed E-state index contributed by atoms with van der Waals surface area (Å²) in [5.41, 5.74) is 7.78. The van der Waals surface area contributed by atoms with Gasteiger partial charge in [0.25, 0.3) is 0 Å². The number of benzene rings is 2. The van der Waals surface area contributed by atoms with Crippen molar-refractivity contribution < 1.29 is 18.6 Å². The van der Waals surface area contributed by atoms with Crippen molar-refractivity contribution >= 4 is 0 Å². The number of methoxy groups -OCH3 is 3. The Morgan fingerprint density at radius 2 is 1.48 bits per heavy atom. The number of rotatable bonds is 5. The molecule has 2 aromatic rings. The van der Waals surface area contributed by atoms with Crippen LogP contribution in [0.15, 0.2) is 36.4 Å². The molecule has 0 amide bonds. The van der Waals surface area contributed by atoms with Crippen LogP contribution in [0.25, 0.3) is 0 Å². The summed E-state index contributed by atoms with van der Waals surface area (Å²) in [6.07, 6.45) is 0. The average Bonchev–Trinajstić information content (AvgIpc) is 2.53. The topological polar surface area (TPSA) is 53.7 Å². The van der Waals surface area contributed by atoms with Gasteiger partial charge in [0, 0.05) is 5.56 Å². The minimum absolute atomic E-state index is 0.301. The Morgan fingerprint density at radius 1 is 0.857 bits per heavy atom. The van der Waals surface area contributed by atoms with E-state index in [1.807, 2.05) is 6.07 Å². The average molecular weight is 291 g/mol. The first kappa shape index (κ1) is 15.1. The van der Waals surface area contributed by atoms with Gasteiger partial charge in [-0.15, -0.1) is 0 Å². The lowest BCUT2D eigenvalue weighted by molar-refractivity contribution is 0.321. The SMILES string of the molecule is COc1ccc(C(N)c2ccc(F)cc2)c(OC)c1OC. The number of ether oxygens (including phenoxy) is 3. The van der Waals surface area contributed by atoms with Crippen molar-refractivity contribution in [1.82, 2.24) is 0 Å². The van der Waals surface area contributed by atoms with Crippen LogP contribution in [0.2, 0.25) is 0 Å². The minimum Gasteiger partial charge on any atom is -0.493 e. The van der Waals surface area contributed by atoms with Gasteiger partial charge in [0.15, 0.2) is 11.5 Å². The molecule has 0 radical (unpaired) electrons. The van der Waals surface area contributed by atoms with E-state index in [-0.39, 0.29) is 5.82 Å². The van der Waals surface area contributed by atoms with E-state index in [2.05, 4.69) is 0 Å². The van der Waals surface area contributed by atoms with Crippen LogP contribution in [-0.4, -0.2) is 21.3 Å². The highest BCUT2D eigenvalue weighted by atomic mass is 19.1. The normalized spacial score (nSPS) is 11.9. The first-order valence-electron chi connectivity index (χ1n) is 6.42. The predicted molar refractivity (Wildman–Crippen MR) is 78.5 cm³/mol. The molecule has 0 saturated carbocycles. The molecular formula is C16H18FNO3. The molecule has 2 rings (SSSR count). The predicted octanol–water partition coefficient (Wildman–Crippen LogP) is 2.90. The fourth-order valence-electron chi connectivity index (χ4n) is 2.22. The third-order valence-electron chi connectivity index (χ3n) is 3.30. The molecule has 0 aliphatic heterocycles. The van der Waals surface area contributed by atoms with E-state index in [4.69, 9.17) is 19.9 Å². The maximum atomic E-state index is 13.0. The fraction of sp³-hybridized carbons (Fsp3) is 0.250. The second kappa shape index (κ2) is 6.45. The van der Waals surface area contributed by atoms with Crippen molar-refractivity contribution in [1.29, 1.82) is 0 Å². The number of halogens is 1. The Kier molecular flexibility index (Phi) is 4.65. The number of hydrogen-bond acceptors (Lipinski definition) is 4. The molecule has 0 aromatic heterocycles. The van der Waals surface area contributed by atoms with E-state index in [1.165, 1.54) is 26.4 Å². The molecule has 1 unspecified atom stereocenters. The Balaban J connectivity index is 2.50. The van der Waals surface area contributed by atoms with E-state index in [0.717, 1.165) is 11.1 Å². The molecule has 2 aromatic carbocycles. The van der Waals surface area contributed by atoms with Gasteiger partial charge < -0.3 is 19.9 Å². The summed E-state index contributed by atoms with van der Waals surface area (Å²) in [5, 5.41) is 0. The van der Waals surface area contributed by atoms with Crippen LogP contribution >= 0.6 is 0 Å². The minimum atomic E-state index is -0.458. The molecule has 2 N–H and O–H groups in total. The van der Waals surface area contributed by atoms with Gasteiger partial charge in [-0.2, -0.15) is 0 Å². The monoisotopic (exact) mass is 291 g/mol. The van der Waals surface area contributed by atoms with Gasteiger partial charge in [-0.1, -0.05) is 12.1 Å². The van der Waals surface area contributed by atoms with E-state index >= 15 is 0 Å². The van der Waals surface area contributed by atoms with Crippen LogP contribution in [0.5, 0.6) is 17.2 Å². The standard InChI is InChI=1S/C16H18FNO3/c1-19-13-9-8-12(15(20-2)16(13)21-3)14(18)10-4-6-11(17)7-5-10/h4-9,14H,18H2,1-3H3. The zero-order chi connectivity index (χ0) is 15.4. The molecule has 5 heteroatoms. The van der Waals surface area contributed by atoms with Crippen molar-refractivity contribution in [2.45, 2.75) is 6.04 Å². The third kappa shape index (κ3) is 2.92. The molecule has 0 bridgehead atoms. The lowest BCUT2D eigenvalue weighted by atomic mass is 9.98. The van der Waals surface area contributed by atoms with E-state index < -0.39 is 6.04 Å². The van der Waals surface area contributed by atoms with Gasteiger partial charge in [-0.05, 0) is 29.8 Å². The van der Waals surface area contributed by atoms with Crippen molar-refractivity contribution in [2.75, 3.05) is 21.3 Å². The smallest absolute Gasteiger partial charge is 0.203 e. The van der Waals surface area contributed by atoms with Gasteiger partial charge in [0.1, 0.15) is 5.82 Å². The van der Waals surface area contributed by atoms with Crippen molar-refractivity contribution in [2.24, 2.45) is 5.73 Å². The highest BCUT2D eigenvalue weighted by Gasteiger charge is 2.21. The summed E-state index contributed by atoms with van der Waals surface area (Å²) < 4.78 is 29.0. The second-order valence-electron chi connectivity index (χ2n) is 4.45. The first-order valence-corrected chi connectivity index (χ1v) is 6.42. The second-order valence-corrected chi connectivity index (χ2v) is 4.45. The summed E-state index contributed by atoms with van der Waals surface area (Å²) in [6, 6.07) is 9.17. The van der Waals surface area contributed by atoms with Crippen molar-refractivity contribution in [3.05, 3.63) is 53.3 Å². The maximum Gasteiger partial charge on any atom is 0.203 e. The summed E-state index contributed by atoms with van der Waals surface area (Å²) in [6.45, 7) is 0. The van der Waals surface area contributed by atoms with Crippen LogP contribution in [0.1, 0.15) is 17.2 Å². The van der Waals surface area contributed by atoms with Crippen LogP contribution in [0, 0.1) is 5.82 Å². The van der Waals surface area contributed by atoms with Crippen LogP contribution < -0.4 is 19.9 Å². The molecule has 0 aliphatic carbocycles. The highest BCUT2D eigenvalue weighted by molar-refractivity contribution is 5.58. The quantitative estimate of drug-likeness (QED) is 0.920. The van der Waals surface area contributed by atoms with Gasteiger partial charge in [0.2, 0.25) is 5.75 Å². The summed E-state index contributed by atoms with van der Waals surface area (Å²) in [7, 11) is 4.63. The molecular weight excluding hydrogens is 273 g/mol. The molecule has 0 fully saturated rings. The Bertz CT molecular complexity index is 614. The molecule has 0 spiro atoms. The first-order chi connectivity index (χ1) is 10.1. The van der Waals surface area contributed by atoms with Crippen molar-refractivity contribution in [3.63, 3.8) is 0 Å². The third-order valence-corrected chi connectivity index (χ3v) is 3.30. The lowest BCUT2D eigenvalue weighted by Crippen LogP contribution is -2.13. The van der Waals surface area contributed by atoms with Gasteiger partial charge in [-0.3, -0.25) is 0 Å². The van der Waals surface area contributed by atoms with Crippen molar-refractivity contribution in [3.8, 4) is 17.2 Å². The van der Waals surface area contributed by atoms with E-state index in [1.54, 1.807) is 25.3 Å². The molecule has 0 aliphatic rings. The molecule has 1 atom stereocenters. The van der Waals surface area contributed by atoms with Gasteiger partial charge in [0.05, 0.1) is 27.4 Å².